The number of benzene rings is 1. The van der Waals surface area contributed by atoms with Gasteiger partial charge >= 0.3 is 5.97 Å². The van der Waals surface area contributed by atoms with Gasteiger partial charge in [-0.2, -0.15) is 0 Å². The number of hydrogen-bond donors (Lipinski definition) is 1. The lowest BCUT2D eigenvalue weighted by atomic mass is 9.99. The first-order valence-electron chi connectivity index (χ1n) is 6.50. The highest BCUT2D eigenvalue weighted by atomic mass is 35.5. The van der Waals surface area contributed by atoms with Crippen molar-refractivity contribution in [2.75, 3.05) is 26.2 Å². The third-order valence-electron chi connectivity index (χ3n) is 3.52. The van der Waals surface area contributed by atoms with E-state index in [1.165, 1.54) is 0 Å². The highest BCUT2D eigenvalue weighted by Gasteiger charge is 2.34. The smallest absolute Gasteiger partial charge is 0.308 e. The van der Waals surface area contributed by atoms with Gasteiger partial charge in [-0.3, -0.25) is 9.69 Å². The molecule has 1 aromatic rings. The molecule has 0 aliphatic carbocycles. The van der Waals surface area contributed by atoms with Crippen LogP contribution in [0.25, 0.3) is 0 Å². The zero-order valence-electron chi connectivity index (χ0n) is 11.2. The molecular weight excluding hydrogens is 301 g/mol. The minimum atomic E-state index is -0.720. The van der Waals surface area contributed by atoms with Crippen LogP contribution in [-0.2, 0) is 4.79 Å². The Kier molecular flexibility index (Phi) is 5.13. The molecule has 2 rings (SSSR count). The Morgan fingerprint density at radius 3 is 2.55 bits per heavy atom. The van der Waals surface area contributed by atoms with Crippen LogP contribution in [0, 0.1) is 11.8 Å². The monoisotopic (exact) mass is 317 g/mol. The number of hydrogen-bond acceptors (Lipinski definition) is 3. The van der Waals surface area contributed by atoms with Crippen molar-refractivity contribution < 1.29 is 14.6 Å². The minimum Gasteiger partial charge on any atom is -0.492 e. The lowest BCUT2D eigenvalue weighted by Crippen LogP contribution is -2.27. The highest BCUT2D eigenvalue weighted by Crippen LogP contribution is 2.25. The fourth-order valence-corrected chi connectivity index (χ4v) is 2.98. The molecule has 20 heavy (non-hydrogen) atoms. The summed E-state index contributed by atoms with van der Waals surface area (Å²) in [6.45, 7) is 4.51. The topological polar surface area (TPSA) is 49.8 Å². The first-order chi connectivity index (χ1) is 9.45. The van der Waals surface area contributed by atoms with E-state index in [4.69, 9.17) is 33.0 Å². The van der Waals surface area contributed by atoms with Crippen molar-refractivity contribution in [2.24, 2.45) is 11.8 Å². The predicted octanol–water partition coefficient (Wildman–Crippen LogP) is 3.02. The number of carboxylic acids is 1. The second-order valence-electron chi connectivity index (χ2n) is 5.14. The van der Waals surface area contributed by atoms with Gasteiger partial charge < -0.3 is 9.84 Å². The van der Waals surface area contributed by atoms with Crippen molar-refractivity contribution in [1.29, 1.82) is 0 Å². The Morgan fingerprint density at radius 2 is 2.00 bits per heavy atom. The summed E-state index contributed by atoms with van der Waals surface area (Å²) < 4.78 is 5.60. The molecule has 0 spiro atoms. The number of likely N-dealkylation sites (tertiary alicyclic amines) is 1. The van der Waals surface area contributed by atoms with Crippen LogP contribution in [0.3, 0.4) is 0 Å². The molecular formula is C14H17Cl2NO3. The van der Waals surface area contributed by atoms with Crippen molar-refractivity contribution in [3.63, 3.8) is 0 Å². The number of carboxylic acid groups (broad SMARTS) is 1. The molecule has 1 aromatic carbocycles. The van der Waals surface area contributed by atoms with Crippen molar-refractivity contribution in [2.45, 2.75) is 6.92 Å². The lowest BCUT2D eigenvalue weighted by molar-refractivity contribution is -0.142. The molecule has 1 N–H and O–H groups in total. The first-order valence-corrected chi connectivity index (χ1v) is 7.25. The quantitative estimate of drug-likeness (QED) is 0.907. The molecule has 0 bridgehead atoms. The molecule has 1 aliphatic rings. The number of rotatable bonds is 5. The maximum absolute atomic E-state index is 11.0. The molecule has 4 nitrogen and oxygen atoms in total. The number of aliphatic carboxylic acids is 1. The van der Waals surface area contributed by atoms with Crippen molar-refractivity contribution >= 4 is 29.2 Å². The Morgan fingerprint density at radius 1 is 1.35 bits per heavy atom. The second kappa shape index (κ2) is 6.66. The van der Waals surface area contributed by atoms with E-state index in [9.17, 15) is 4.79 Å². The predicted molar refractivity (Wildman–Crippen MR) is 78.7 cm³/mol. The van der Waals surface area contributed by atoms with Crippen LogP contribution in [-0.4, -0.2) is 42.2 Å². The summed E-state index contributed by atoms with van der Waals surface area (Å²) in [5.41, 5.74) is 0. The Hall–Kier alpha value is -0.970. The standard InChI is InChI=1S/C14H17Cl2NO3/c1-9-7-17(8-13(9)14(18)19)2-3-20-12-5-10(15)4-11(16)6-12/h4-6,9,13H,2-3,7-8H2,1H3,(H,18,19)/t9-,13-/m1/s1. The fraction of sp³-hybridized carbons (Fsp3) is 0.500. The number of nitrogens with zero attached hydrogens (tertiary/aromatic N) is 1. The summed E-state index contributed by atoms with van der Waals surface area (Å²) in [6, 6.07) is 5.07. The molecule has 1 fully saturated rings. The van der Waals surface area contributed by atoms with Crippen LogP contribution >= 0.6 is 23.2 Å². The van der Waals surface area contributed by atoms with E-state index >= 15 is 0 Å². The summed E-state index contributed by atoms with van der Waals surface area (Å²) >= 11 is 11.8. The van der Waals surface area contributed by atoms with Gasteiger partial charge in [-0.05, 0) is 24.1 Å². The average Bonchev–Trinajstić information content (AvgIpc) is 2.69. The second-order valence-corrected chi connectivity index (χ2v) is 6.01. The maximum atomic E-state index is 11.0. The first kappa shape index (κ1) is 15.4. The zero-order valence-corrected chi connectivity index (χ0v) is 12.7. The van der Waals surface area contributed by atoms with Gasteiger partial charge in [0.15, 0.2) is 0 Å². The van der Waals surface area contributed by atoms with Gasteiger partial charge in [0.2, 0.25) is 0 Å². The summed E-state index contributed by atoms with van der Waals surface area (Å²) in [4.78, 5) is 13.1. The van der Waals surface area contributed by atoms with E-state index in [1.54, 1.807) is 18.2 Å². The van der Waals surface area contributed by atoms with Gasteiger partial charge in [-0.25, -0.2) is 0 Å². The maximum Gasteiger partial charge on any atom is 0.308 e. The molecule has 1 saturated heterocycles. The lowest BCUT2D eigenvalue weighted by Gasteiger charge is -2.15. The van der Waals surface area contributed by atoms with E-state index in [0.717, 1.165) is 6.54 Å². The van der Waals surface area contributed by atoms with Gasteiger partial charge in [0.1, 0.15) is 12.4 Å². The van der Waals surface area contributed by atoms with Crippen molar-refractivity contribution in [3.05, 3.63) is 28.2 Å². The molecule has 2 atom stereocenters. The SMILES string of the molecule is C[C@@H]1CN(CCOc2cc(Cl)cc(Cl)c2)C[C@H]1C(=O)O. The van der Waals surface area contributed by atoms with E-state index in [1.807, 2.05) is 6.92 Å². The van der Waals surface area contributed by atoms with Crippen LogP contribution in [0.2, 0.25) is 10.0 Å². The summed E-state index contributed by atoms with van der Waals surface area (Å²) in [6.07, 6.45) is 0. The van der Waals surface area contributed by atoms with Crippen molar-refractivity contribution in [3.8, 4) is 5.75 Å². The number of halogens is 2. The van der Waals surface area contributed by atoms with Gasteiger partial charge in [0.05, 0.1) is 5.92 Å². The van der Waals surface area contributed by atoms with Gasteiger partial charge in [0, 0.05) is 29.7 Å². The van der Waals surface area contributed by atoms with Gasteiger partial charge in [-0.15, -0.1) is 0 Å². The van der Waals surface area contributed by atoms with Crippen LogP contribution in [0.5, 0.6) is 5.75 Å². The van der Waals surface area contributed by atoms with E-state index < -0.39 is 5.97 Å². The largest absolute Gasteiger partial charge is 0.492 e. The average molecular weight is 318 g/mol. The molecule has 0 amide bonds. The van der Waals surface area contributed by atoms with Crippen LogP contribution in [0.4, 0.5) is 0 Å². The Balaban J connectivity index is 1.80. The van der Waals surface area contributed by atoms with E-state index in [0.29, 0.717) is 35.5 Å². The molecule has 1 aliphatic heterocycles. The summed E-state index contributed by atoms with van der Waals surface area (Å²) in [7, 11) is 0. The molecule has 0 aromatic heterocycles. The highest BCUT2D eigenvalue weighted by molar-refractivity contribution is 6.34. The van der Waals surface area contributed by atoms with Crippen LogP contribution < -0.4 is 4.74 Å². The summed E-state index contributed by atoms with van der Waals surface area (Å²) in [5.74, 6) is -0.198. The Bertz CT molecular complexity index is 475. The normalized spacial score (nSPS) is 22.9. The Labute approximate surface area is 128 Å². The van der Waals surface area contributed by atoms with Gasteiger partial charge in [0.25, 0.3) is 0 Å². The molecule has 1 heterocycles. The summed E-state index contributed by atoms with van der Waals surface area (Å²) in [5, 5.41) is 10.1. The van der Waals surface area contributed by atoms with Crippen molar-refractivity contribution in [1.82, 2.24) is 4.90 Å². The van der Waals surface area contributed by atoms with Crippen LogP contribution in [0.1, 0.15) is 6.92 Å². The third kappa shape index (κ3) is 4.01. The number of carbonyl (C=O) groups is 1. The zero-order chi connectivity index (χ0) is 14.7. The molecule has 0 saturated carbocycles. The fourth-order valence-electron chi connectivity index (χ4n) is 2.48. The third-order valence-corrected chi connectivity index (χ3v) is 3.95. The van der Waals surface area contributed by atoms with E-state index in [-0.39, 0.29) is 11.8 Å². The van der Waals surface area contributed by atoms with E-state index in [2.05, 4.69) is 4.90 Å². The molecule has 0 radical (unpaired) electrons. The molecule has 6 heteroatoms. The van der Waals surface area contributed by atoms with Crippen LogP contribution in [0.15, 0.2) is 18.2 Å². The minimum absolute atomic E-state index is 0.174. The van der Waals surface area contributed by atoms with Gasteiger partial charge in [-0.1, -0.05) is 30.1 Å². The molecule has 110 valence electrons. The number of ether oxygens (including phenoxy) is 1. The molecule has 0 unspecified atom stereocenters.